The molecular formula is C13H8IN3O3S. The lowest BCUT2D eigenvalue weighted by atomic mass is 10.2. The number of benzene rings is 1. The molecule has 1 aromatic carbocycles. The van der Waals surface area contributed by atoms with Gasteiger partial charge in [0.25, 0.3) is 5.56 Å². The van der Waals surface area contributed by atoms with Crippen LogP contribution in [0.4, 0.5) is 0 Å². The standard InChI is InChI=1S/C13H8IN3O3S/c14-9-10(12(19)20)16-13(17-11(9)18)21-6-8-3-1-7(5-15)2-4-8/h1-4H,6H2,(H,19,20)(H,16,17,18). The average Bonchev–Trinajstić information content (AvgIpc) is 2.48. The minimum absolute atomic E-state index is 0.0582. The SMILES string of the molecule is N#Cc1ccc(CSc2nc(C(=O)O)c(I)c(=O)[nH]2)cc1. The summed E-state index contributed by atoms with van der Waals surface area (Å²) in [5.74, 6) is -0.723. The number of aromatic nitrogens is 2. The van der Waals surface area contributed by atoms with E-state index in [1.165, 1.54) is 11.8 Å². The van der Waals surface area contributed by atoms with Crippen LogP contribution >= 0.6 is 34.4 Å². The van der Waals surface area contributed by atoms with E-state index in [2.05, 4.69) is 9.97 Å². The number of rotatable bonds is 4. The van der Waals surface area contributed by atoms with E-state index in [-0.39, 0.29) is 14.4 Å². The molecule has 2 aromatic rings. The number of hydrogen-bond acceptors (Lipinski definition) is 5. The summed E-state index contributed by atoms with van der Waals surface area (Å²) in [6, 6.07) is 9.02. The van der Waals surface area contributed by atoms with Gasteiger partial charge in [-0.1, -0.05) is 23.9 Å². The van der Waals surface area contributed by atoms with Gasteiger partial charge < -0.3 is 10.1 Å². The third-order valence-electron chi connectivity index (χ3n) is 2.50. The van der Waals surface area contributed by atoms with Gasteiger partial charge in [0.2, 0.25) is 0 Å². The fourth-order valence-corrected chi connectivity index (χ4v) is 2.78. The molecule has 2 rings (SSSR count). The van der Waals surface area contributed by atoms with Crippen molar-refractivity contribution in [2.24, 2.45) is 0 Å². The third-order valence-corrected chi connectivity index (χ3v) is 4.45. The van der Waals surface area contributed by atoms with E-state index in [0.29, 0.717) is 11.3 Å². The Hall–Kier alpha value is -1.86. The highest BCUT2D eigenvalue weighted by Crippen LogP contribution is 2.19. The Kier molecular flexibility index (Phi) is 4.98. The topological polar surface area (TPSA) is 107 Å². The first-order valence-corrected chi connectivity index (χ1v) is 7.72. The Labute approximate surface area is 137 Å². The van der Waals surface area contributed by atoms with E-state index in [4.69, 9.17) is 10.4 Å². The summed E-state index contributed by atoms with van der Waals surface area (Å²) in [5, 5.41) is 18.0. The second kappa shape index (κ2) is 6.73. The van der Waals surface area contributed by atoms with Gasteiger partial charge >= 0.3 is 5.97 Å². The molecule has 0 radical (unpaired) electrons. The quantitative estimate of drug-likeness (QED) is 0.453. The van der Waals surface area contributed by atoms with Crippen molar-refractivity contribution in [1.82, 2.24) is 9.97 Å². The highest BCUT2D eigenvalue weighted by molar-refractivity contribution is 14.1. The van der Waals surface area contributed by atoms with Crippen LogP contribution in [0.3, 0.4) is 0 Å². The molecule has 8 heteroatoms. The van der Waals surface area contributed by atoms with Crippen LogP contribution in [-0.4, -0.2) is 21.0 Å². The van der Waals surface area contributed by atoms with Crippen molar-refractivity contribution in [3.63, 3.8) is 0 Å². The number of aromatic carboxylic acids is 1. The molecule has 0 atom stereocenters. The number of thioether (sulfide) groups is 1. The molecule has 0 saturated carbocycles. The maximum absolute atomic E-state index is 11.6. The number of carboxylic acid groups (broad SMARTS) is 1. The number of hydrogen-bond donors (Lipinski definition) is 2. The van der Waals surface area contributed by atoms with Crippen LogP contribution in [0.1, 0.15) is 21.6 Å². The van der Waals surface area contributed by atoms with Crippen molar-refractivity contribution in [2.75, 3.05) is 0 Å². The zero-order valence-electron chi connectivity index (χ0n) is 10.5. The van der Waals surface area contributed by atoms with Gasteiger partial charge in [0.15, 0.2) is 10.9 Å². The molecule has 21 heavy (non-hydrogen) atoms. The fourth-order valence-electron chi connectivity index (χ4n) is 1.48. The van der Waals surface area contributed by atoms with Gasteiger partial charge in [0, 0.05) is 5.75 Å². The van der Waals surface area contributed by atoms with Crippen molar-refractivity contribution in [3.8, 4) is 6.07 Å². The zero-order valence-corrected chi connectivity index (χ0v) is 13.4. The lowest BCUT2D eigenvalue weighted by Crippen LogP contribution is -2.19. The molecule has 106 valence electrons. The number of nitrogens with zero attached hydrogens (tertiary/aromatic N) is 2. The van der Waals surface area contributed by atoms with Crippen molar-refractivity contribution in [2.45, 2.75) is 10.9 Å². The molecule has 0 amide bonds. The average molecular weight is 413 g/mol. The molecule has 0 aliphatic heterocycles. The molecule has 6 nitrogen and oxygen atoms in total. The lowest BCUT2D eigenvalue weighted by Gasteiger charge is -2.04. The van der Waals surface area contributed by atoms with Gasteiger partial charge in [-0.15, -0.1) is 0 Å². The maximum atomic E-state index is 11.6. The van der Waals surface area contributed by atoms with Crippen LogP contribution in [0.15, 0.2) is 34.2 Å². The van der Waals surface area contributed by atoms with Crippen LogP contribution in [0.2, 0.25) is 0 Å². The number of halogens is 1. The lowest BCUT2D eigenvalue weighted by molar-refractivity contribution is 0.0687. The molecule has 0 unspecified atom stereocenters. The number of H-pyrrole nitrogens is 1. The number of aromatic amines is 1. The molecule has 0 bridgehead atoms. The Morgan fingerprint density at radius 3 is 2.67 bits per heavy atom. The monoisotopic (exact) mass is 413 g/mol. The van der Waals surface area contributed by atoms with Crippen LogP contribution < -0.4 is 5.56 Å². The predicted molar refractivity (Wildman–Crippen MR) is 85.3 cm³/mol. The Balaban J connectivity index is 2.18. The maximum Gasteiger partial charge on any atom is 0.355 e. The third kappa shape index (κ3) is 3.83. The molecule has 1 heterocycles. The Morgan fingerprint density at radius 2 is 2.10 bits per heavy atom. The number of nitrogens with one attached hydrogen (secondary N) is 1. The normalized spacial score (nSPS) is 10.1. The molecule has 2 N–H and O–H groups in total. The summed E-state index contributed by atoms with van der Waals surface area (Å²) in [6.45, 7) is 0. The van der Waals surface area contributed by atoms with Gasteiger partial charge in [-0.25, -0.2) is 9.78 Å². The molecule has 0 spiro atoms. The van der Waals surface area contributed by atoms with Crippen molar-refractivity contribution in [1.29, 1.82) is 5.26 Å². The first-order chi connectivity index (χ1) is 10.0. The summed E-state index contributed by atoms with van der Waals surface area (Å²) in [7, 11) is 0. The molecule has 0 aliphatic rings. The Morgan fingerprint density at radius 1 is 1.43 bits per heavy atom. The second-order valence-corrected chi connectivity index (χ2v) is 5.98. The summed E-state index contributed by atoms with van der Waals surface area (Å²) in [4.78, 5) is 29.1. The first-order valence-electron chi connectivity index (χ1n) is 5.66. The summed E-state index contributed by atoms with van der Waals surface area (Å²) >= 11 is 2.88. The Bertz CT molecular complexity index is 781. The smallest absolute Gasteiger partial charge is 0.355 e. The molecular weight excluding hydrogens is 405 g/mol. The van der Waals surface area contributed by atoms with E-state index < -0.39 is 11.5 Å². The number of carbonyl (C=O) groups is 1. The van der Waals surface area contributed by atoms with Gasteiger partial charge in [-0.2, -0.15) is 5.26 Å². The van der Waals surface area contributed by atoms with Gasteiger partial charge in [-0.3, -0.25) is 4.79 Å². The number of carboxylic acids is 1. The van der Waals surface area contributed by atoms with E-state index in [9.17, 15) is 9.59 Å². The number of nitriles is 1. The van der Waals surface area contributed by atoms with Crippen molar-refractivity contribution >= 4 is 40.3 Å². The summed E-state index contributed by atoms with van der Waals surface area (Å²) in [6.07, 6.45) is 0. The largest absolute Gasteiger partial charge is 0.476 e. The van der Waals surface area contributed by atoms with E-state index in [0.717, 1.165) is 5.56 Å². The minimum Gasteiger partial charge on any atom is -0.476 e. The van der Waals surface area contributed by atoms with Gasteiger partial charge in [0.1, 0.15) is 3.57 Å². The fraction of sp³-hybridized carbons (Fsp3) is 0.0769. The summed E-state index contributed by atoms with van der Waals surface area (Å²) < 4.78 is 0.0582. The van der Waals surface area contributed by atoms with Crippen molar-refractivity contribution in [3.05, 3.63) is 55.0 Å². The summed E-state index contributed by atoms with van der Waals surface area (Å²) in [5.41, 5.74) is 0.793. The minimum atomic E-state index is -1.23. The van der Waals surface area contributed by atoms with E-state index in [1.54, 1.807) is 46.9 Å². The first kappa shape index (κ1) is 15.5. The highest BCUT2D eigenvalue weighted by atomic mass is 127. The van der Waals surface area contributed by atoms with E-state index in [1.807, 2.05) is 6.07 Å². The molecule has 0 fully saturated rings. The van der Waals surface area contributed by atoms with Crippen LogP contribution in [-0.2, 0) is 5.75 Å². The highest BCUT2D eigenvalue weighted by Gasteiger charge is 2.15. The molecule has 0 aliphatic carbocycles. The second-order valence-electron chi connectivity index (χ2n) is 3.94. The van der Waals surface area contributed by atoms with Crippen LogP contribution in [0.25, 0.3) is 0 Å². The van der Waals surface area contributed by atoms with Crippen LogP contribution in [0, 0.1) is 14.9 Å². The zero-order chi connectivity index (χ0) is 15.4. The van der Waals surface area contributed by atoms with Gasteiger partial charge in [0.05, 0.1) is 11.6 Å². The van der Waals surface area contributed by atoms with Crippen molar-refractivity contribution < 1.29 is 9.90 Å². The molecule has 1 aromatic heterocycles. The predicted octanol–water partition coefficient (Wildman–Crippen LogP) is 2.24. The van der Waals surface area contributed by atoms with Crippen LogP contribution in [0.5, 0.6) is 0 Å². The van der Waals surface area contributed by atoms with E-state index >= 15 is 0 Å². The van der Waals surface area contributed by atoms with Gasteiger partial charge in [-0.05, 0) is 40.3 Å². The molecule has 0 saturated heterocycles.